The molecule has 0 N–H and O–H groups in total. The molecule has 0 aliphatic rings. The summed E-state index contributed by atoms with van der Waals surface area (Å²) in [6, 6.07) is 0. The Morgan fingerprint density at radius 1 is 0.444 bits per heavy atom. The van der Waals surface area contributed by atoms with Crippen LogP contribution < -0.4 is 0 Å². The van der Waals surface area contributed by atoms with Crippen LogP contribution in [0.15, 0.2) is 0 Å². The molecule has 0 rings (SSSR count). The molecule has 2 atom stereocenters. The molecule has 164 valence electrons. The van der Waals surface area contributed by atoms with E-state index < -0.39 is 0 Å². The van der Waals surface area contributed by atoms with Crippen LogP contribution in [-0.2, 0) is 4.74 Å². The van der Waals surface area contributed by atoms with E-state index in [1.54, 1.807) is 0 Å². The van der Waals surface area contributed by atoms with E-state index in [0.29, 0.717) is 12.2 Å². The van der Waals surface area contributed by atoms with E-state index in [1.807, 2.05) is 0 Å². The third-order valence-corrected chi connectivity index (χ3v) is 6.68. The van der Waals surface area contributed by atoms with Crippen LogP contribution in [0.25, 0.3) is 0 Å². The molecule has 0 radical (unpaired) electrons. The highest BCUT2D eigenvalue weighted by Crippen LogP contribution is 2.29. The standard InChI is InChI=1S/C26H54O/c1-7-13-15-17-19-21-25(23(9-3)10-4)27-26(24(11-5)12-6)22-20-18-16-14-8-2/h23-26H,7-22H2,1-6H3. The Kier molecular flexibility index (Phi) is 19.3. The van der Waals surface area contributed by atoms with Gasteiger partial charge in [0.1, 0.15) is 0 Å². The highest BCUT2D eigenvalue weighted by molar-refractivity contribution is 4.75. The number of hydrogen-bond acceptors (Lipinski definition) is 1. The maximum atomic E-state index is 6.95. The first-order chi connectivity index (χ1) is 13.2. The highest BCUT2D eigenvalue weighted by atomic mass is 16.5. The van der Waals surface area contributed by atoms with Crippen LogP contribution in [0.5, 0.6) is 0 Å². The maximum Gasteiger partial charge on any atom is 0.0607 e. The molecule has 1 nitrogen and oxygen atoms in total. The summed E-state index contributed by atoms with van der Waals surface area (Å²) < 4.78 is 6.95. The Hall–Kier alpha value is -0.0400. The normalized spacial score (nSPS) is 14.2. The molecule has 0 heterocycles. The summed E-state index contributed by atoms with van der Waals surface area (Å²) in [5.41, 5.74) is 0. The van der Waals surface area contributed by atoms with Crippen molar-refractivity contribution in [2.24, 2.45) is 11.8 Å². The first kappa shape index (κ1) is 27.0. The zero-order valence-electron chi connectivity index (χ0n) is 20.0. The molecule has 0 fully saturated rings. The first-order valence-corrected chi connectivity index (χ1v) is 12.8. The van der Waals surface area contributed by atoms with Crippen molar-refractivity contribution in [3.05, 3.63) is 0 Å². The quantitative estimate of drug-likeness (QED) is 0.190. The number of rotatable bonds is 20. The second-order valence-corrected chi connectivity index (χ2v) is 8.77. The molecular formula is C26H54O. The molecule has 0 bridgehead atoms. The van der Waals surface area contributed by atoms with Gasteiger partial charge in [0.05, 0.1) is 12.2 Å². The van der Waals surface area contributed by atoms with Crippen LogP contribution in [0.1, 0.15) is 144 Å². The Labute approximate surface area is 173 Å². The Morgan fingerprint density at radius 3 is 1.07 bits per heavy atom. The molecule has 0 spiro atoms. The van der Waals surface area contributed by atoms with Gasteiger partial charge in [-0.15, -0.1) is 0 Å². The van der Waals surface area contributed by atoms with Crippen LogP contribution in [0, 0.1) is 11.8 Å². The summed E-state index contributed by atoms with van der Waals surface area (Å²) in [7, 11) is 0. The molecule has 0 aromatic heterocycles. The lowest BCUT2D eigenvalue weighted by molar-refractivity contribution is -0.0801. The van der Waals surface area contributed by atoms with E-state index in [0.717, 1.165) is 11.8 Å². The molecule has 27 heavy (non-hydrogen) atoms. The van der Waals surface area contributed by atoms with E-state index in [1.165, 1.54) is 103 Å². The van der Waals surface area contributed by atoms with Gasteiger partial charge in [0.25, 0.3) is 0 Å². The van der Waals surface area contributed by atoms with E-state index in [4.69, 9.17) is 4.74 Å². The molecule has 0 aliphatic carbocycles. The van der Waals surface area contributed by atoms with Crippen molar-refractivity contribution >= 4 is 0 Å². The van der Waals surface area contributed by atoms with E-state index in [9.17, 15) is 0 Å². The second-order valence-electron chi connectivity index (χ2n) is 8.77. The Balaban J connectivity index is 4.76. The Morgan fingerprint density at radius 2 is 0.778 bits per heavy atom. The van der Waals surface area contributed by atoms with Crippen LogP contribution in [0.4, 0.5) is 0 Å². The number of ether oxygens (including phenoxy) is 1. The summed E-state index contributed by atoms with van der Waals surface area (Å²) in [5, 5.41) is 0. The third-order valence-electron chi connectivity index (χ3n) is 6.68. The fourth-order valence-electron chi connectivity index (χ4n) is 4.58. The molecule has 0 aliphatic heterocycles. The average Bonchev–Trinajstić information content (AvgIpc) is 2.68. The SMILES string of the molecule is CCCCCCCC(OC(CCCCCCC)C(CC)CC)C(CC)CC. The summed E-state index contributed by atoms with van der Waals surface area (Å²) in [6.07, 6.45) is 22.4. The summed E-state index contributed by atoms with van der Waals surface area (Å²) in [4.78, 5) is 0. The van der Waals surface area contributed by atoms with Crippen molar-refractivity contribution in [2.45, 2.75) is 156 Å². The zero-order chi connectivity index (χ0) is 20.3. The van der Waals surface area contributed by atoms with Gasteiger partial charge in [-0.2, -0.15) is 0 Å². The third kappa shape index (κ3) is 12.9. The molecule has 2 unspecified atom stereocenters. The molecule has 1 heteroatoms. The van der Waals surface area contributed by atoms with Crippen molar-refractivity contribution in [3.8, 4) is 0 Å². The van der Waals surface area contributed by atoms with Gasteiger partial charge in [0, 0.05) is 0 Å². The lowest BCUT2D eigenvalue weighted by Crippen LogP contribution is -2.33. The molecular weight excluding hydrogens is 328 g/mol. The van der Waals surface area contributed by atoms with Crippen LogP contribution in [-0.4, -0.2) is 12.2 Å². The van der Waals surface area contributed by atoms with Gasteiger partial charge in [-0.1, -0.05) is 131 Å². The minimum absolute atomic E-state index is 0.489. The monoisotopic (exact) mass is 382 g/mol. The molecule has 0 saturated heterocycles. The lowest BCUT2D eigenvalue weighted by atomic mass is 9.89. The smallest absolute Gasteiger partial charge is 0.0607 e. The van der Waals surface area contributed by atoms with Crippen molar-refractivity contribution < 1.29 is 4.74 Å². The van der Waals surface area contributed by atoms with Gasteiger partial charge >= 0.3 is 0 Å². The topological polar surface area (TPSA) is 9.23 Å². The molecule has 0 saturated carbocycles. The van der Waals surface area contributed by atoms with Crippen molar-refractivity contribution in [1.82, 2.24) is 0 Å². The van der Waals surface area contributed by atoms with Crippen molar-refractivity contribution in [3.63, 3.8) is 0 Å². The van der Waals surface area contributed by atoms with Gasteiger partial charge in [-0.05, 0) is 24.7 Å². The van der Waals surface area contributed by atoms with Crippen molar-refractivity contribution in [2.75, 3.05) is 0 Å². The summed E-state index contributed by atoms with van der Waals surface area (Å²) >= 11 is 0. The highest BCUT2D eigenvalue weighted by Gasteiger charge is 2.26. The fourth-order valence-corrected chi connectivity index (χ4v) is 4.58. The van der Waals surface area contributed by atoms with Crippen molar-refractivity contribution in [1.29, 1.82) is 0 Å². The van der Waals surface area contributed by atoms with E-state index in [-0.39, 0.29) is 0 Å². The first-order valence-electron chi connectivity index (χ1n) is 12.8. The van der Waals surface area contributed by atoms with Gasteiger partial charge in [-0.3, -0.25) is 0 Å². The predicted molar refractivity (Wildman–Crippen MR) is 124 cm³/mol. The predicted octanol–water partition coefficient (Wildman–Crippen LogP) is 9.33. The van der Waals surface area contributed by atoms with Crippen LogP contribution >= 0.6 is 0 Å². The van der Waals surface area contributed by atoms with E-state index >= 15 is 0 Å². The van der Waals surface area contributed by atoms with Crippen LogP contribution in [0.3, 0.4) is 0 Å². The van der Waals surface area contributed by atoms with Gasteiger partial charge < -0.3 is 4.74 Å². The molecule has 0 amide bonds. The molecule has 0 aromatic carbocycles. The number of hydrogen-bond donors (Lipinski definition) is 0. The average molecular weight is 383 g/mol. The van der Waals surface area contributed by atoms with Gasteiger partial charge in [0.15, 0.2) is 0 Å². The minimum Gasteiger partial charge on any atom is -0.374 e. The lowest BCUT2D eigenvalue weighted by Gasteiger charge is -2.34. The zero-order valence-corrected chi connectivity index (χ0v) is 20.0. The van der Waals surface area contributed by atoms with Gasteiger partial charge in [-0.25, -0.2) is 0 Å². The number of unbranched alkanes of at least 4 members (excludes halogenated alkanes) is 8. The summed E-state index contributed by atoms with van der Waals surface area (Å²) in [5.74, 6) is 1.49. The van der Waals surface area contributed by atoms with E-state index in [2.05, 4.69) is 41.5 Å². The second kappa shape index (κ2) is 19.3. The largest absolute Gasteiger partial charge is 0.374 e. The van der Waals surface area contributed by atoms with Gasteiger partial charge in [0.2, 0.25) is 0 Å². The maximum absolute atomic E-state index is 6.95. The van der Waals surface area contributed by atoms with Crippen LogP contribution in [0.2, 0.25) is 0 Å². The minimum atomic E-state index is 0.489. The Bertz CT molecular complexity index is 252. The molecule has 0 aromatic rings. The fraction of sp³-hybridized carbons (Fsp3) is 1.00. The summed E-state index contributed by atoms with van der Waals surface area (Å²) in [6.45, 7) is 14.0.